The van der Waals surface area contributed by atoms with Crippen LogP contribution in [0.3, 0.4) is 0 Å². The number of rotatable bonds is 5. The van der Waals surface area contributed by atoms with Gasteiger partial charge in [0.2, 0.25) is 0 Å². The van der Waals surface area contributed by atoms with E-state index < -0.39 is 0 Å². The Morgan fingerprint density at radius 3 is 2.42 bits per heavy atom. The van der Waals surface area contributed by atoms with Gasteiger partial charge in [-0.25, -0.2) is 4.39 Å². The van der Waals surface area contributed by atoms with Crippen molar-refractivity contribution in [2.45, 2.75) is 39.5 Å². The van der Waals surface area contributed by atoms with Crippen LogP contribution in [0.4, 0.5) is 10.1 Å². The average molecular weight is 260 g/mol. The second-order valence-corrected chi connectivity index (χ2v) is 5.63. The van der Waals surface area contributed by atoms with Crippen molar-refractivity contribution in [2.24, 2.45) is 5.41 Å². The zero-order valence-electron chi connectivity index (χ0n) is 11.7. The molecular weight excluding hydrogens is 239 g/mol. The fourth-order valence-corrected chi connectivity index (χ4v) is 3.31. The first-order valence-electron chi connectivity index (χ1n) is 7.09. The molecule has 0 atom stereocenters. The molecule has 0 aromatic heterocycles. The van der Waals surface area contributed by atoms with Gasteiger partial charge in [-0.2, -0.15) is 5.26 Å². The Morgan fingerprint density at radius 1 is 1.26 bits per heavy atom. The summed E-state index contributed by atoms with van der Waals surface area (Å²) in [5.41, 5.74) is 1.73. The number of hydrogen-bond donors (Lipinski definition) is 0. The third kappa shape index (κ3) is 2.73. The molecule has 1 fully saturated rings. The monoisotopic (exact) mass is 260 g/mol. The summed E-state index contributed by atoms with van der Waals surface area (Å²) in [7, 11) is 0. The molecule has 0 radical (unpaired) electrons. The molecule has 1 heterocycles. The van der Waals surface area contributed by atoms with E-state index in [2.05, 4.69) is 24.8 Å². The van der Waals surface area contributed by atoms with Crippen LogP contribution in [0.1, 0.15) is 45.1 Å². The molecule has 0 saturated carbocycles. The van der Waals surface area contributed by atoms with E-state index in [4.69, 9.17) is 5.26 Å². The quantitative estimate of drug-likeness (QED) is 0.796. The van der Waals surface area contributed by atoms with Crippen molar-refractivity contribution in [2.75, 3.05) is 18.0 Å². The Kier molecular flexibility index (Phi) is 4.09. The van der Waals surface area contributed by atoms with E-state index in [1.165, 1.54) is 37.8 Å². The molecule has 2 nitrogen and oxygen atoms in total. The van der Waals surface area contributed by atoms with Crippen LogP contribution in [0.5, 0.6) is 0 Å². The predicted molar refractivity (Wildman–Crippen MR) is 75.6 cm³/mol. The van der Waals surface area contributed by atoms with Crippen LogP contribution in [0.15, 0.2) is 18.2 Å². The lowest BCUT2D eigenvalue weighted by molar-refractivity contribution is 0.173. The van der Waals surface area contributed by atoms with Crippen molar-refractivity contribution in [3.05, 3.63) is 29.6 Å². The van der Waals surface area contributed by atoms with Crippen LogP contribution in [0, 0.1) is 22.6 Å². The second kappa shape index (κ2) is 5.61. The first kappa shape index (κ1) is 13.9. The Balaban J connectivity index is 2.13. The van der Waals surface area contributed by atoms with Crippen LogP contribution >= 0.6 is 0 Å². The SMILES string of the molecule is CCCC1(CCC)CN(c2ccc(F)cc2C#N)C1. The van der Waals surface area contributed by atoms with Crippen molar-refractivity contribution in [1.29, 1.82) is 5.26 Å². The molecule has 0 bridgehead atoms. The van der Waals surface area contributed by atoms with E-state index in [-0.39, 0.29) is 5.82 Å². The van der Waals surface area contributed by atoms with Crippen molar-refractivity contribution >= 4 is 5.69 Å². The van der Waals surface area contributed by atoms with E-state index in [0.29, 0.717) is 11.0 Å². The van der Waals surface area contributed by atoms with Gasteiger partial charge in [-0.05, 0) is 31.0 Å². The molecule has 2 rings (SSSR count). The molecule has 1 aliphatic heterocycles. The molecule has 1 aromatic rings. The lowest BCUT2D eigenvalue weighted by Crippen LogP contribution is -2.56. The summed E-state index contributed by atoms with van der Waals surface area (Å²) in [6.07, 6.45) is 4.87. The zero-order valence-corrected chi connectivity index (χ0v) is 11.7. The number of benzene rings is 1. The van der Waals surface area contributed by atoms with Crippen LogP contribution < -0.4 is 4.90 Å². The third-order valence-corrected chi connectivity index (χ3v) is 4.03. The number of halogens is 1. The standard InChI is InChI=1S/C16H21FN2/c1-3-7-16(8-4-2)11-19(12-16)15-6-5-14(17)9-13(15)10-18/h5-6,9H,3-4,7-8,11-12H2,1-2H3. The lowest BCUT2D eigenvalue weighted by atomic mass is 9.72. The minimum atomic E-state index is -0.339. The maximum absolute atomic E-state index is 13.1. The van der Waals surface area contributed by atoms with Crippen molar-refractivity contribution in [3.8, 4) is 6.07 Å². The van der Waals surface area contributed by atoms with Gasteiger partial charge in [0.15, 0.2) is 0 Å². The number of hydrogen-bond acceptors (Lipinski definition) is 2. The Morgan fingerprint density at radius 2 is 1.89 bits per heavy atom. The Hall–Kier alpha value is -1.56. The zero-order chi connectivity index (χ0) is 13.9. The highest BCUT2D eigenvalue weighted by atomic mass is 19.1. The predicted octanol–water partition coefficient (Wildman–Crippen LogP) is 4.10. The van der Waals surface area contributed by atoms with E-state index in [1.807, 2.05) is 0 Å². The molecule has 3 heteroatoms. The van der Waals surface area contributed by atoms with Gasteiger partial charge in [-0.15, -0.1) is 0 Å². The highest BCUT2D eigenvalue weighted by Crippen LogP contribution is 2.42. The van der Waals surface area contributed by atoms with Gasteiger partial charge in [0, 0.05) is 18.5 Å². The van der Waals surface area contributed by atoms with Gasteiger partial charge in [-0.3, -0.25) is 0 Å². The molecule has 1 saturated heterocycles. The maximum Gasteiger partial charge on any atom is 0.124 e. The second-order valence-electron chi connectivity index (χ2n) is 5.63. The first-order chi connectivity index (χ1) is 9.14. The van der Waals surface area contributed by atoms with Crippen LogP contribution in [0.25, 0.3) is 0 Å². The summed E-state index contributed by atoms with van der Waals surface area (Å²) in [5.74, 6) is -0.339. The van der Waals surface area contributed by atoms with Crippen molar-refractivity contribution < 1.29 is 4.39 Å². The van der Waals surface area contributed by atoms with Crippen LogP contribution in [-0.2, 0) is 0 Å². The molecule has 102 valence electrons. The van der Waals surface area contributed by atoms with Gasteiger partial charge in [0.05, 0.1) is 11.3 Å². The first-order valence-corrected chi connectivity index (χ1v) is 7.09. The number of nitrogens with zero attached hydrogens (tertiary/aromatic N) is 2. The van der Waals surface area contributed by atoms with Gasteiger partial charge >= 0.3 is 0 Å². The molecular formula is C16H21FN2. The third-order valence-electron chi connectivity index (χ3n) is 4.03. The summed E-state index contributed by atoms with van der Waals surface area (Å²) in [5, 5.41) is 9.10. The largest absolute Gasteiger partial charge is 0.369 e. The topological polar surface area (TPSA) is 27.0 Å². The lowest BCUT2D eigenvalue weighted by Gasteiger charge is -2.52. The molecule has 1 aliphatic rings. The van der Waals surface area contributed by atoms with E-state index in [1.54, 1.807) is 6.07 Å². The summed E-state index contributed by atoms with van der Waals surface area (Å²) in [6.45, 7) is 6.43. The molecule has 1 aromatic carbocycles. The van der Waals surface area contributed by atoms with E-state index in [0.717, 1.165) is 18.8 Å². The normalized spacial score (nSPS) is 16.8. The molecule has 0 N–H and O–H groups in total. The average Bonchev–Trinajstić information content (AvgIpc) is 2.36. The fourth-order valence-electron chi connectivity index (χ4n) is 3.31. The summed E-state index contributed by atoms with van der Waals surface area (Å²) >= 11 is 0. The van der Waals surface area contributed by atoms with Crippen LogP contribution in [0.2, 0.25) is 0 Å². The molecule has 0 amide bonds. The molecule has 0 aliphatic carbocycles. The van der Waals surface area contributed by atoms with Gasteiger partial charge < -0.3 is 4.90 Å². The number of anilines is 1. The summed E-state index contributed by atoms with van der Waals surface area (Å²) in [4.78, 5) is 2.21. The maximum atomic E-state index is 13.1. The Labute approximate surface area is 114 Å². The highest BCUT2D eigenvalue weighted by molar-refractivity contribution is 5.61. The fraction of sp³-hybridized carbons (Fsp3) is 0.562. The minimum absolute atomic E-state index is 0.339. The summed E-state index contributed by atoms with van der Waals surface area (Å²) in [6, 6.07) is 6.60. The van der Waals surface area contributed by atoms with Gasteiger partial charge in [-0.1, -0.05) is 26.7 Å². The summed E-state index contributed by atoms with van der Waals surface area (Å²) < 4.78 is 13.1. The van der Waals surface area contributed by atoms with E-state index >= 15 is 0 Å². The van der Waals surface area contributed by atoms with E-state index in [9.17, 15) is 4.39 Å². The molecule has 0 unspecified atom stereocenters. The van der Waals surface area contributed by atoms with Crippen molar-refractivity contribution in [3.63, 3.8) is 0 Å². The molecule has 0 spiro atoms. The van der Waals surface area contributed by atoms with Crippen molar-refractivity contribution in [1.82, 2.24) is 0 Å². The smallest absolute Gasteiger partial charge is 0.124 e. The van der Waals surface area contributed by atoms with Gasteiger partial charge in [0.25, 0.3) is 0 Å². The van der Waals surface area contributed by atoms with Crippen LogP contribution in [-0.4, -0.2) is 13.1 Å². The molecule has 19 heavy (non-hydrogen) atoms. The minimum Gasteiger partial charge on any atom is -0.369 e. The Bertz CT molecular complexity index is 476. The highest BCUT2D eigenvalue weighted by Gasteiger charge is 2.41. The number of nitriles is 1. The van der Waals surface area contributed by atoms with Gasteiger partial charge in [0.1, 0.15) is 11.9 Å².